The molecule has 2 aromatic rings. The third kappa shape index (κ3) is 5.03. The topological polar surface area (TPSA) is 35.6 Å². The van der Waals surface area contributed by atoms with E-state index in [1.54, 1.807) is 12.1 Å². The van der Waals surface area contributed by atoms with Crippen LogP contribution in [0.4, 0.5) is 9.18 Å². The van der Waals surface area contributed by atoms with Gasteiger partial charge in [-0.2, -0.15) is 0 Å². The summed E-state index contributed by atoms with van der Waals surface area (Å²) in [5.41, 5.74) is 2.16. The molecular formula is C19H21BrFN3O. The summed E-state index contributed by atoms with van der Waals surface area (Å²) in [7, 11) is 0. The summed E-state index contributed by atoms with van der Waals surface area (Å²) in [5, 5.41) is 2.91. The molecule has 2 aromatic carbocycles. The first-order valence-corrected chi connectivity index (χ1v) is 9.14. The lowest BCUT2D eigenvalue weighted by molar-refractivity contribution is 0.135. The summed E-state index contributed by atoms with van der Waals surface area (Å²) >= 11 is 3.16. The Morgan fingerprint density at radius 2 is 1.76 bits per heavy atom. The number of benzene rings is 2. The van der Waals surface area contributed by atoms with E-state index in [9.17, 15) is 9.18 Å². The average molecular weight is 406 g/mol. The van der Waals surface area contributed by atoms with E-state index in [0.717, 1.165) is 25.2 Å². The number of carbonyl (C=O) groups is 1. The molecule has 1 N–H and O–H groups in total. The second-order valence-corrected chi connectivity index (χ2v) is 7.01. The van der Waals surface area contributed by atoms with E-state index in [1.807, 2.05) is 23.1 Å². The minimum absolute atomic E-state index is 0.0696. The van der Waals surface area contributed by atoms with Gasteiger partial charge in [0.15, 0.2) is 0 Å². The summed E-state index contributed by atoms with van der Waals surface area (Å²) in [4.78, 5) is 16.5. The van der Waals surface area contributed by atoms with E-state index in [2.05, 4.69) is 38.3 Å². The highest BCUT2D eigenvalue weighted by Gasteiger charge is 2.20. The van der Waals surface area contributed by atoms with Crippen LogP contribution in [0.25, 0.3) is 0 Å². The smallest absolute Gasteiger partial charge is 0.317 e. The average Bonchev–Trinajstić information content (AvgIpc) is 2.64. The van der Waals surface area contributed by atoms with Gasteiger partial charge in [-0.1, -0.05) is 36.4 Å². The molecule has 0 radical (unpaired) electrons. The van der Waals surface area contributed by atoms with Crippen molar-refractivity contribution in [3.05, 3.63) is 69.9 Å². The predicted octanol–water partition coefficient (Wildman–Crippen LogP) is 3.62. The zero-order chi connectivity index (χ0) is 17.6. The summed E-state index contributed by atoms with van der Waals surface area (Å²) < 4.78 is 13.6. The highest BCUT2D eigenvalue weighted by molar-refractivity contribution is 9.10. The van der Waals surface area contributed by atoms with Gasteiger partial charge in [0.25, 0.3) is 0 Å². The van der Waals surface area contributed by atoms with Crippen molar-refractivity contribution in [3.8, 4) is 0 Å². The first-order valence-electron chi connectivity index (χ1n) is 8.35. The summed E-state index contributed by atoms with van der Waals surface area (Å²) in [6.07, 6.45) is 0. The lowest BCUT2D eigenvalue weighted by Gasteiger charge is -2.34. The molecule has 132 valence electrons. The Kier molecular flexibility index (Phi) is 6.04. The molecule has 0 atom stereocenters. The maximum atomic E-state index is 13.2. The Hall–Kier alpha value is -1.92. The summed E-state index contributed by atoms with van der Waals surface area (Å²) in [6.45, 7) is 4.47. The number of urea groups is 1. The van der Waals surface area contributed by atoms with Gasteiger partial charge in [-0.05, 0) is 39.2 Å². The van der Waals surface area contributed by atoms with Crippen LogP contribution in [-0.2, 0) is 13.1 Å². The number of nitrogens with one attached hydrogen (secondary N) is 1. The predicted molar refractivity (Wildman–Crippen MR) is 99.6 cm³/mol. The van der Waals surface area contributed by atoms with Gasteiger partial charge in [-0.25, -0.2) is 9.18 Å². The molecule has 0 bridgehead atoms. The SMILES string of the molecule is O=C(NCc1ccc(F)c(Br)c1)N1CCN(Cc2ccccc2)CC1. The Labute approximate surface area is 155 Å². The lowest BCUT2D eigenvalue weighted by Crippen LogP contribution is -2.51. The third-order valence-corrected chi connectivity index (χ3v) is 4.94. The molecular weight excluding hydrogens is 385 g/mol. The van der Waals surface area contributed by atoms with Crippen molar-refractivity contribution in [2.45, 2.75) is 13.1 Å². The van der Waals surface area contributed by atoms with E-state index >= 15 is 0 Å². The molecule has 1 heterocycles. The maximum absolute atomic E-state index is 13.2. The van der Waals surface area contributed by atoms with Crippen molar-refractivity contribution in [1.29, 1.82) is 0 Å². The molecule has 1 aliphatic heterocycles. The maximum Gasteiger partial charge on any atom is 0.317 e. The minimum Gasteiger partial charge on any atom is -0.334 e. The highest BCUT2D eigenvalue weighted by Crippen LogP contribution is 2.16. The van der Waals surface area contributed by atoms with E-state index in [4.69, 9.17) is 0 Å². The van der Waals surface area contributed by atoms with Crippen molar-refractivity contribution >= 4 is 22.0 Å². The van der Waals surface area contributed by atoms with Crippen LogP contribution in [-0.4, -0.2) is 42.0 Å². The fourth-order valence-electron chi connectivity index (χ4n) is 2.89. The molecule has 1 saturated heterocycles. The number of hydrogen-bond donors (Lipinski definition) is 1. The second kappa shape index (κ2) is 8.45. The van der Waals surface area contributed by atoms with Crippen LogP contribution < -0.4 is 5.32 Å². The Bertz CT molecular complexity index is 718. The quantitative estimate of drug-likeness (QED) is 0.842. The highest BCUT2D eigenvalue weighted by atomic mass is 79.9. The van der Waals surface area contributed by atoms with Crippen molar-refractivity contribution in [2.24, 2.45) is 0 Å². The molecule has 0 unspecified atom stereocenters. The van der Waals surface area contributed by atoms with E-state index in [-0.39, 0.29) is 11.8 Å². The number of amides is 2. The zero-order valence-corrected chi connectivity index (χ0v) is 15.5. The molecule has 0 saturated carbocycles. The molecule has 0 aliphatic carbocycles. The van der Waals surface area contributed by atoms with Crippen molar-refractivity contribution in [1.82, 2.24) is 15.1 Å². The van der Waals surface area contributed by atoms with Gasteiger partial charge in [0, 0.05) is 39.3 Å². The Morgan fingerprint density at radius 1 is 1.04 bits per heavy atom. The zero-order valence-electron chi connectivity index (χ0n) is 13.9. The van der Waals surface area contributed by atoms with Crippen LogP contribution in [0.1, 0.15) is 11.1 Å². The van der Waals surface area contributed by atoms with Gasteiger partial charge in [0.2, 0.25) is 0 Å². The van der Waals surface area contributed by atoms with Gasteiger partial charge >= 0.3 is 6.03 Å². The first kappa shape index (κ1) is 17.9. The van der Waals surface area contributed by atoms with Crippen molar-refractivity contribution < 1.29 is 9.18 Å². The van der Waals surface area contributed by atoms with Crippen LogP contribution in [0.5, 0.6) is 0 Å². The fraction of sp³-hybridized carbons (Fsp3) is 0.316. The standard InChI is InChI=1S/C19H21BrFN3O/c20-17-12-16(6-7-18(17)21)13-22-19(25)24-10-8-23(9-11-24)14-15-4-2-1-3-5-15/h1-7,12H,8-11,13-14H2,(H,22,25). The van der Waals surface area contributed by atoms with Crippen LogP contribution in [0.15, 0.2) is 53.0 Å². The normalized spacial score (nSPS) is 15.2. The van der Waals surface area contributed by atoms with Gasteiger partial charge in [0.1, 0.15) is 5.82 Å². The van der Waals surface area contributed by atoms with Crippen molar-refractivity contribution in [3.63, 3.8) is 0 Å². The van der Waals surface area contributed by atoms with Gasteiger partial charge in [0.05, 0.1) is 4.47 Å². The van der Waals surface area contributed by atoms with E-state index in [0.29, 0.717) is 24.1 Å². The summed E-state index contributed by atoms with van der Waals surface area (Å²) in [6, 6.07) is 15.1. The van der Waals surface area contributed by atoms with Crippen LogP contribution in [0.3, 0.4) is 0 Å². The summed E-state index contributed by atoms with van der Waals surface area (Å²) in [5.74, 6) is -0.301. The number of carbonyl (C=O) groups excluding carboxylic acids is 1. The van der Waals surface area contributed by atoms with E-state index in [1.165, 1.54) is 11.6 Å². The van der Waals surface area contributed by atoms with Crippen LogP contribution >= 0.6 is 15.9 Å². The molecule has 1 aliphatic rings. The van der Waals surface area contributed by atoms with Crippen LogP contribution in [0.2, 0.25) is 0 Å². The van der Waals surface area contributed by atoms with Crippen molar-refractivity contribution in [2.75, 3.05) is 26.2 Å². The molecule has 2 amide bonds. The van der Waals surface area contributed by atoms with Gasteiger partial charge < -0.3 is 10.2 Å². The molecule has 25 heavy (non-hydrogen) atoms. The number of halogens is 2. The van der Waals surface area contributed by atoms with E-state index < -0.39 is 0 Å². The second-order valence-electron chi connectivity index (χ2n) is 6.16. The number of nitrogens with zero attached hydrogens (tertiary/aromatic N) is 2. The molecule has 4 nitrogen and oxygen atoms in total. The molecule has 0 spiro atoms. The molecule has 3 rings (SSSR count). The Morgan fingerprint density at radius 3 is 2.44 bits per heavy atom. The fourth-order valence-corrected chi connectivity index (χ4v) is 3.32. The van der Waals surface area contributed by atoms with Gasteiger partial charge in [-0.3, -0.25) is 4.90 Å². The molecule has 1 fully saturated rings. The lowest BCUT2D eigenvalue weighted by atomic mass is 10.2. The largest absolute Gasteiger partial charge is 0.334 e. The number of hydrogen-bond acceptors (Lipinski definition) is 2. The molecule has 0 aromatic heterocycles. The first-order chi connectivity index (χ1) is 12.1. The minimum atomic E-state index is -0.301. The monoisotopic (exact) mass is 405 g/mol. The van der Waals surface area contributed by atoms with Gasteiger partial charge in [-0.15, -0.1) is 0 Å². The molecule has 6 heteroatoms. The number of rotatable bonds is 4. The third-order valence-electron chi connectivity index (χ3n) is 4.34. The van der Waals surface area contributed by atoms with Crippen LogP contribution in [0, 0.1) is 5.82 Å². The number of piperazine rings is 1. The Balaban J connectivity index is 1.44.